The number of amides is 1. The highest BCUT2D eigenvalue weighted by Gasteiger charge is 2.40. The van der Waals surface area contributed by atoms with Crippen LogP contribution in [-0.4, -0.2) is 41.8 Å². The molecule has 0 radical (unpaired) electrons. The number of aliphatic carboxylic acids is 1. The van der Waals surface area contributed by atoms with Gasteiger partial charge in [0.05, 0.1) is 10.4 Å². The zero-order chi connectivity index (χ0) is 15.5. The standard InChI is InChI=1S/C14H16ClNO5/c15-10-7-9(1-2-11(10)17)12(18)16-8-14(13(19)20)3-5-21-6-4-14/h1-2,7,17H,3-6,8H2,(H,16,18)(H,19,20). The average molecular weight is 314 g/mol. The van der Waals surface area contributed by atoms with Gasteiger partial charge in [-0.05, 0) is 31.0 Å². The summed E-state index contributed by atoms with van der Waals surface area (Å²) < 4.78 is 5.17. The van der Waals surface area contributed by atoms with Gasteiger partial charge in [0.1, 0.15) is 5.75 Å². The number of hydrogen-bond acceptors (Lipinski definition) is 4. The van der Waals surface area contributed by atoms with E-state index in [1.807, 2.05) is 0 Å². The van der Waals surface area contributed by atoms with Crippen molar-refractivity contribution in [2.45, 2.75) is 12.8 Å². The van der Waals surface area contributed by atoms with Crippen molar-refractivity contribution in [2.75, 3.05) is 19.8 Å². The number of hydrogen-bond donors (Lipinski definition) is 3. The number of halogens is 1. The summed E-state index contributed by atoms with van der Waals surface area (Å²) in [6.45, 7) is 0.767. The molecule has 3 N–H and O–H groups in total. The maximum Gasteiger partial charge on any atom is 0.311 e. The van der Waals surface area contributed by atoms with Crippen LogP contribution in [0.15, 0.2) is 18.2 Å². The Kier molecular flexibility index (Phi) is 4.69. The molecule has 0 saturated carbocycles. The van der Waals surface area contributed by atoms with Crippen LogP contribution < -0.4 is 5.32 Å². The molecule has 0 spiro atoms. The third-order valence-corrected chi connectivity index (χ3v) is 4.00. The second-order valence-electron chi connectivity index (χ2n) is 5.05. The van der Waals surface area contributed by atoms with E-state index >= 15 is 0 Å². The Morgan fingerprint density at radius 1 is 1.33 bits per heavy atom. The number of carboxylic acids is 1. The van der Waals surface area contributed by atoms with Crippen molar-refractivity contribution in [3.63, 3.8) is 0 Å². The van der Waals surface area contributed by atoms with Crippen LogP contribution in [0.2, 0.25) is 5.02 Å². The number of nitrogens with one attached hydrogen (secondary N) is 1. The molecule has 2 rings (SSSR count). The van der Waals surface area contributed by atoms with Gasteiger partial charge in [-0.15, -0.1) is 0 Å². The lowest BCUT2D eigenvalue weighted by molar-refractivity contribution is -0.154. The summed E-state index contributed by atoms with van der Waals surface area (Å²) in [5.74, 6) is -1.47. The SMILES string of the molecule is O=C(NCC1(C(=O)O)CCOCC1)c1ccc(O)c(Cl)c1. The molecule has 6 nitrogen and oxygen atoms in total. The van der Waals surface area contributed by atoms with Gasteiger partial charge in [0, 0.05) is 25.3 Å². The van der Waals surface area contributed by atoms with Gasteiger partial charge in [-0.25, -0.2) is 0 Å². The van der Waals surface area contributed by atoms with E-state index in [4.69, 9.17) is 16.3 Å². The summed E-state index contributed by atoms with van der Waals surface area (Å²) in [5, 5.41) is 21.4. The fourth-order valence-corrected chi connectivity index (χ4v) is 2.41. The highest BCUT2D eigenvalue weighted by molar-refractivity contribution is 6.32. The zero-order valence-corrected chi connectivity index (χ0v) is 12.0. The van der Waals surface area contributed by atoms with Gasteiger partial charge in [0.2, 0.25) is 0 Å². The second kappa shape index (κ2) is 6.32. The van der Waals surface area contributed by atoms with E-state index in [-0.39, 0.29) is 22.9 Å². The van der Waals surface area contributed by atoms with Crippen molar-refractivity contribution in [1.82, 2.24) is 5.32 Å². The lowest BCUT2D eigenvalue weighted by atomic mass is 9.80. The number of carboxylic acid groups (broad SMARTS) is 1. The number of phenols is 1. The first-order valence-electron chi connectivity index (χ1n) is 6.52. The van der Waals surface area contributed by atoms with Crippen LogP contribution in [0.1, 0.15) is 23.2 Å². The van der Waals surface area contributed by atoms with E-state index in [9.17, 15) is 19.8 Å². The number of carbonyl (C=O) groups is 2. The molecule has 7 heteroatoms. The molecular weight excluding hydrogens is 298 g/mol. The highest BCUT2D eigenvalue weighted by atomic mass is 35.5. The lowest BCUT2D eigenvalue weighted by Gasteiger charge is -2.33. The number of aromatic hydroxyl groups is 1. The summed E-state index contributed by atoms with van der Waals surface area (Å²) in [5.41, 5.74) is -0.723. The average Bonchev–Trinajstić information content (AvgIpc) is 2.48. The fourth-order valence-electron chi connectivity index (χ4n) is 2.23. The Morgan fingerprint density at radius 3 is 2.57 bits per heavy atom. The third kappa shape index (κ3) is 3.46. The molecule has 1 aliphatic heterocycles. The van der Waals surface area contributed by atoms with Crippen molar-refractivity contribution in [3.05, 3.63) is 28.8 Å². The van der Waals surface area contributed by atoms with Gasteiger partial charge in [0.15, 0.2) is 0 Å². The van der Waals surface area contributed by atoms with Crippen LogP contribution in [0.3, 0.4) is 0 Å². The third-order valence-electron chi connectivity index (χ3n) is 3.70. The van der Waals surface area contributed by atoms with Crippen LogP contribution in [0.4, 0.5) is 0 Å². The Morgan fingerprint density at radius 2 is 2.00 bits per heavy atom. The first-order valence-corrected chi connectivity index (χ1v) is 6.90. The molecule has 0 unspecified atom stereocenters. The van der Waals surface area contributed by atoms with E-state index in [2.05, 4.69) is 5.32 Å². The quantitative estimate of drug-likeness (QED) is 0.785. The number of ether oxygens (including phenoxy) is 1. The van der Waals surface area contributed by atoms with Gasteiger partial charge in [0.25, 0.3) is 5.91 Å². The van der Waals surface area contributed by atoms with Crippen molar-refractivity contribution in [1.29, 1.82) is 0 Å². The Hall–Kier alpha value is -1.79. The number of carbonyl (C=O) groups excluding carboxylic acids is 1. The predicted octanol–water partition coefficient (Wildman–Crippen LogP) is 1.66. The molecule has 1 fully saturated rings. The van der Waals surface area contributed by atoms with Crippen LogP contribution >= 0.6 is 11.6 Å². The normalized spacial score (nSPS) is 17.2. The summed E-state index contributed by atoms with van der Waals surface area (Å²) in [7, 11) is 0. The fraction of sp³-hybridized carbons (Fsp3) is 0.429. The van der Waals surface area contributed by atoms with Crippen molar-refractivity contribution in [2.24, 2.45) is 5.41 Å². The van der Waals surface area contributed by atoms with Crippen molar-refractivity contribution < 1.29 is 24.5 Å². The number of benzene rings is 1. The molecule has 1 amide bonds. The van der Waals surface area contributed by atoms with E-state index in [1.54, 1.807) is 0 Å². The van der Waals surface area contributed by atoms with E-state index in [0.717, 1.165) is 0 Å². The molecule has 0 atom stereocenters. The zero-order valence-electron chi connectivity index (χ0n) is 11.3. The Labute approximate surface area is 126 Å². The molecule has 1 saturated heterocycles. The van der Waals surface area contributed by atoms with E-state index in [1.165, 1.54) is 18.2 Å². The number of phenolic OH excluding ortho intramolecular Hbond substituents is 1. The molecule has 0 aromatic heterocycles. The summed E-state index contributed by atoms with van der Waals surface area (Å²) in [4.78, 5) is 23.5. The Balaban J connectivity index is 2.05. The molecule has 21 heavy (non-hydrogen) atoms. The van der Waals surface area contributed by atoms with Crippen LogP contribution in [0.5, 0.6) is 5.75 Å². The van der Waals surface area contributed by atoms with Crippen molar-refractivity contribution >= 4 is 23.5 Å². The van der Waals surface area contributed by atoms with Crippen LogP contribution in [0, 0.1) is 5.41 Å². The largest absolute Gasteiger partial charge is 0.506 e. The first-order chi connectivity index (χ1) is 9.94. The van der Waals surface area contributed by atoms with Gasteiger partial charge in [-0.1, -0.05) is 11.6 Å². The van der Waals surface area contributed by atoms with E-state index < -0.39 is 17.3 Å². The Bertz CT molecular complexity index is 554. The molecule has 1 aromatic rings. The lowest BCUT2D eigenvalue weighted by Crippen LogP contribution is -2.46. The molecule has 0 bridgehead atoms. The smallest absolute Gasteiger partial charge is 0.311 e. The molecule has 114 valence electrons. The summed E-state index contributed by atoms with van der Waals surface area (Å²) in [6, 6.07) is 4.08. The van der Waals surface area contributed by atoms with Gasteiger partial charge < -0.3 is 20.3 Å². The second-order valence-corrected chi connectivity index (χ2v) is 5.45. The summed E-state index contributed by atoms with van der Waals surface area (Å²) in [6.07, 6.45) is 0.720. The maximum absolute atomic E-state index is 12.0. The molecule has 1 aliphatic rings. The van der Waals surface area contributed by atoms with Crippen LogP contribution in [0.25, 0.3) is 0 Å². The maximum atomic E-state index is 12.0. The topological polar surface area (TPSA) is 95.9 Å². The van der Waals surface area contributed by atoms with Crippen molar-refractivity contribution in [3.8, 4) is 5.75 Å². The van der Waals surface area contributed by atoms with E-state index in [0.29, 0.717) is 26.1 Å². The first kappa shape index (κ1) is 15.6. The number of rotatable bonds is 4. The minimum absolute atomic E-state index is 0.0308. The predicted molar refractivity (Wildman–Crippen MR) is 75.6 cm³/mol. The molecule has 0 aliphatic carbocycles. The van der Waals surface area contributed by atoms with Gasteiger partial charge >= 0.3 is 5.97 Å². The minimum atomic E-state index is -0.991. The molecule has 1 heterocycles. The van der Waals surface area contributed by atoms with Crippen LogP contribution in [-0.2, 0) is 9.53 Å². The monoisotopic (exact) mass is 313 g/mol. The van der Waals surface area contributed by atoms with Gasteiger partial charge in [-0.2, -0.15) is 0 Å². The molecule has 1 aromatic carbocycles. The minimum Gasteiger partial charge on any atom is -0.506 e. The summed E-state index contributed by atoms with van der Waals surface area (Å²) >= 11 is 5.74. The molecular formula is C14H16ClNO5. The van der Waals surface area contributed by atoms with Gasteiger partial charge in [-0.3, -0.25) is 9.59 Å². The highest BCUT2D eigenvalue weighted by Crippen LogP contribution is 2.30.